The molecule has 24 heavy (non-hydrogen) atoms. The highest BCUT2D eigenvalue weighted by Gasteiger charge is 2.23. The minimum atomic E-state index is -0.0495. The maximum absolute atomic E-state index is 13.0. The van der Waals surface area contributed by atoms with Crippen molar-refractivity contribution in [3.63, 3.8) is 0 Å². The summed E-state index contributed by atoms with van der Waals surface area (Å²) in [6.45, 7) is 10.7. The van der Waals surface area contributed by atoms with Crippen LogP contribution in [0.1, 0.15) is 61.8 Å². The summed E-state index contributed by atoms with van der Waals surface area (Å²) < 4.78 is 5.34. The molecule has 1 amide bonds. The van der Waals surface area contributed by atoms with E-state index in [9.17, 15) is 4.79 Å². The van der Waals surface area contributed by atoms with Crippen LogP contribution < -0.4 is 5.73 Å². The van der Waals surface area contributed by atoms with Gasteiger partial charge in [0.25, 0.3) is 11.6 Å². The van der Waals surface area contributed by atoms with Gasteiger partial charge < -0.3 is 15.2 Å². The maximum atomic E-state index is 13.0. The van der Waals surface area contributed by atoms with Gasteiger partial charge in [0, 0.05) is 25.3 Å². The van der Waals surface area contributed by atoms with Gasteiger partial charge in [-0.05, 0) is 31.2 Å². The number of pyridine rings is 1. The molecule has 0 spiro atoms. The number of carbonyl (C=O) groups is 1. The molecule has 132 valence electrons. The molecule has 2 N–H and O–H groups in total. The Morgan fingerprint density at radius 3 is 2.58 bits per heavy atom. The lowest BCUT2D eigenvalue weighted by atomic mass is 10.0. The Kier molecular flexibility index (Phi) is 5.59. The van der Waals surface area contributed by atoms with Crippen LogP contribution in [-0.4, -0.2) is 40.6 Å². The summed E-state index contributed by atoms with van der Waals surface area (Å²) in [7, 11) is 1.81. The van der Waals surface area contributed by atoms with Gasteiger partial charge in [0.15, 0.2) is 0 Å². The largest absolute Gasteiger partial charge is 0.342 e. The predicted octanol–water partition coefficient (Wildman–Crippen LogP) is 3.10. The van der Waals surface area contributed by atoms with Crippen LogP contribution in [0.4, 0.5) is 0 Å². The Bertz CT molecular complexity index is 721. The maximum Gasteiger partial charge on any atom is 0.259 e. The SMILES string of the molecule is Cc1cc(C(=O)N(C)CCC(N)C(C)C)c2c(C(C)C)noc2n1. The average molecular weight is 332 g/mol. The van der Waals surface area contributed by atoms with E-state index < -0.39 is 0 Å². The highest BCUT2D eigenvalue weighted by atomic mass is 16.5. The van der Waals surface area contributed by atoms with Crippen molar-refractivity contribution in [2.75, 3.05) is 13.6 Å². The summed E-state index contributed by atoms with van der Waals surface area (Å²) in [5.74, 6) is 0.502. The van der Waals surface area contributed by atoms with Crippen molar-refractivity contribution in [1.82, 2.24) is 15.0 Å². The molecule has 2 heterocycles. The van der Waals surface area contributed by atoms with Crippen molar-refractivity contribution >= 4 is 17.0 Å². The number of amides is 1. The number of fused-ring (bicyclic) bond motifs is 1. The quantitative estimate of drug-likeness (QED) is 0.878. The molecule has 0 aliphatic heterocycles. The van der Waals surface area contributed by atoms with E-state index in [0.29, 0.717) is 23.7 Å². The van der Waals surface area contributed by atoms with Gasteiger partial charge >= 0.3 is 0 Å². The van der Waals surface area contributed by atoms with E-state index in [4.69, 9.17) is 10.3 Å². The molecule has 0 bridgehead atoms. The Balaban J connectivity index is 2.33. The van der Waals surface area contributed by atoms with Crippen molar-refractivity contribution < 1.29 is 9.32 Å². The second-order valence-corrected chi connectivity index (χ2v) is 7.14. The van der Waals surface area contributed by atoms with E-state index in [1.807, 2.05) is 26.8 Å². The summed E-state index contributed by atoms with van der Waals surface area (Å²) in [5.41, 5.74) is 8.63. The van der Waals surface area contributed by atoms with Crippen LogP contribution in [0.25, 0.3) is 11.1 Å². The number of hydrogen-bond acceptors (Lipinski definition) is 5. The molecule has 0 radical (unpaired) electrons. The Labute approximate surface area is 143 Å². The van der Waals surface area contributed by atoms with Gasteiger partial charge in [0.1, 0.15) is 0 Å². The summed E-state index contributed by atoms with van der Waals surface area (Å²) >= 11 is 0. The van der Waals surface area contributed by atoms with Crippen molar-refractivity contribution in [3.05, 3.63) is 23.0 Å². The normalized spacial score (nSPS) is 13.0. The molecule has 0 aromatic carbocycles. The van der Waals surface area contributed by atoms with Crippen LogP contribution in [0.2, 0.25) is 0 Å². The fourth-order valence-electron chi connectivity index (χ4n) is 2.64. The topological polar surface area (TPSA) is 85.2 Å². The van der Waals surface area contributed by atoms with Crippen LogP contribution in [0.15, 0.2) is 10.6 Å². The lowest BCUT2D eigenvalue weighted by Crippen LogP contribution is -2.34. The predicted molar refractivity (Wildman–Crippen MR) is 95.0 cm³/mol. The minimum absolute atomic E-state index is 0.0495. The second kappa shape index (κ2) is 7.30. The van der Waals surface area contributed by atoms with Crippen LogP contribution in [0.5, 0.6) is 0 Å². The number of rotatable bonds is 6. The van der Waals surface area contributed by atoms with E-state index in [0.717, 1.165) is 23.2 Å². The van der Waals surface area contributed by atoms with Gasteiger partial charge in [0.2, 0.25) is 0 Å². The van der Waals surface area contributed by atoms with Gasteiger partial charge in [-0.3, -0.25) is 4.79 Å². The van der Waals surface area contributed by atoms with E-state index in [1.54, 1.807) is 11.9 Å². The van der Waals surface area contributed by atoms with Gasteiger partial charge in [-0.15, -0.1) is 0 Å². The summed E-state index contributed by atoms with van der Waals surface area (Å²) in [6.07, 6.45) is 0.772. The third-order valence-electron chi connectivity index (χ3n) is 4.38. The Morgan fingerprint density at radius 2 is 2.00 bits per heavy atom. The standard InChI is InChI=1S/C18H28N4O2/c1-10(2)14(19)7-8-22(6)18(23)13-9-12(5)20-17-15(13)16(11(3)4)21-24-17/h9-11,14H,7-8,19H2,1-6H3. The number of aryl methyl sites for hydroxylation is 1. The molecular weight excluding hydrogens is 304 g/mol. The molecule has 2 rings (SSSR count). The van der Waals surface area contributed by atoms with E-state index in [-0.39, 0.29) is 17.9 Å². The molecule has 0 aliphatic rings. The monoisotopic (exact) mass is 332 g/mol. The third-order valence-corrected chi connectivity index (χ3v) is 4.38. The zero-order chi connectivity index (χ0) is 18.0. The highest BCUT2D eigenvalue weighted by molar-refractivity contribution is 6.06. The van der Waals surface area contributed by atoms with Crippen molar-refractivity contribution in [1.29, 1.82) is 0 Å². The third kappa shape index (κ3) is 3.75. The lowest BCUT2D eigenvalue weighted by Gasteiger charge is -2.22. The van der Waals surface area contributed by atoms with Gasteiger partial charge in [-0.2, -0.15) is 0 Å². The summed E-state index contributed by atoms with van der Waals surface area (Å²) in [5, 5.41) is 4.83. The van der Waals surface area contributed by atoms with Crippen molar-refractivity contribution in [2.24, 2.45) is 11.7 Å². The van der Waals surface area contributed by atoms with E-state index >= 15 is 0 Å². The van der Waals surface area contributed by atoms with Crippen molar-refractivity contribution in [2.45, 2.75) is 53.0 Å². The molecule has 2 aromatic rings. The first-order chi connectivity index (χ1) is 11.2. The number of carbonyl (C=O) groups excluding carboxylic acids is 1. The van der Waals surface area contributed by atoms with Gasteiger partial charge in [0.05, 0.1) is 16.6 Å². The first-order valence-corrected chi connectivity index (χ1v) is 8.50. The summed E-state index contributed by atoms with van der Waals surface area (Å²) in [4.78, 5) is 19.0. The Hall–Kier alpha value is -1.95. The Morgan fingerprint density at radius 1 is 1.33 bits per heavy atom. The van der Waals surface area contributed by atoms with E-state index in [1.165, 1.54) is 0 Å². The first-order valence-electron chi connectivity index (χ1n) is 8.50. The number of nitrogens with two attached hydrogens (primary N) is 1. The molecule has 6 heteroatoms. The highest BCUT2D eigenvalue weighted by Crippen LogP contribution is 2.28. The number of aromatic nitrogens is 2. The molecule has 6 nitrogen and oxygen atoms in total. The minimum Gasteiger partial charge on any atom is -0.342 e. The average Bonchev–Trinajstić information content (AvgIpc) is 2.94. The van der Waals surface area contributed by atoms with Gasteiger partial charge in [-0.1, -0.05) is 32.9 Å². The molecule has 0 aliphatic carbocycles. The molecule has 0 saturated heterocycles. The number of hydrogen-bond donors (Lipinski definition) is 1. The lowest BCUT2D eigenvalue weighted by molar-refractivity contribution is 0.0791. The van der Waals surface area contributed by atoms with E-state index in [2.05, 4.69) is 24.0 Å². The molecule has 0 fully saturated rings. The fraction of sp³-hybridized carbons (Fsp3) is 0.611. The van der Waals surface area contributed by atoms with Crippen LogP contribution in [0.3, 0.4) is 0 Å². The van der Waals surface area contributed by atoms with Crippen LogP contribution >= 0.6 is 0 Å². The zero-order valence-corrected chi connectivity index (χ0v) is 15.5. The molecule has 1 atom stereocenters. The van der Waals surface area contributed by atoms with Crippen LogP contribution in [0, 0.1) is 12.8 Å². The first kappa shape index (κ1) is 18.4. The smallest absolute Gasteiger partial charge is 0.259 e. The summed E-state index contributed by atoms with van der Waals surface area (Å²) in [6, 6.07) is 1.90. The molecular formula is C18H28N4O2. The molecule has 0 saturated carbocycles. The molecule has 1 unspecified atom stereocenters. The molecule has 2 aromatic heterocycles. The fourth-order valence-corrected chi connectivity index (χ4v) is 2.64. The number of nitrogens with zero attached hydrogens (tertiary/aromatic N) is 3. The zero-order valence-electron chi connectivity index (χ0n) is 15.5. The second-order valence-electron chi connectivity index (χ2n) is 7.14. The van der Waals surface area contributed by atoms with Gasteiger partial charge in [-0.25, -0.2) is 4.98 Å². The van der Waals surface area contributed by atoms with Crippen LogP contribution in [-0.2, 0) is 0 Å². The van der Waals surface area contributed by atoms with Crippen molar-refractivity contribution in [3.8, 4) is 0 Å².